The Balaban J connectivity index is 3.15. The zero-order valence-corrected chi connectivity index (χ0v) is 13.5. The van der Waals surface area contributed by atoms with Crippen LogP contribution in [0.25, 0.3) is 0 Å². The molecule has 0 unspecified atom stereocenters. The van der Waals surface area contributed by atoms with Gasteiger partial charge in [-0.2, -0.15) is 0 Å². The van der Waals surface area contributed by atoms with Crippen LogP contribution in [0.2, 0.25) is 0 Å². The molecular weight excluding hydrogens is 274 g/mol. The summed E-state index contributed by atoms with van der Waals surface area (Å²) in [7, 11) is 1.64. The first kappa shape index (κ1) is 17.5. The van der Waals surface area contributed by atoms with Crippen LogP contribution in [-0.2, 0) is 0 Å². The normalized spacial score (nSPS) is 9.68. The average molecular weight is 299 g/mol. The minimum Gasteiger partial charge on any atom is -0.495 e. The van der Waals surface area contributed by atoms with Crippen molar-refractivity contribution >= 4 is 17.1 Å². The second-order valence-electron chi connectivity index (χ2n) is 4.94. The van der Waals surface area contributed by atoms with Crippen molar-refractivity contribution in [2.75, 3.05) is 36.1 Å². The molecule has 0 aliphatic rings. The van der Waals surface area contributed by atoms with Crippen LogP contribution in [0.15, 0.2) is 37.1 Å². The number of anilines is 3. The van der Waals surface area contributed by atoms with Crippen LogP contribution in [0.1, 0.15) is 19.8 Å². The number of hydrogen-bond donors (Lipinski definition) is 2. The predicted molar refractivity (Wildman–Crippen MR) is 96.3 cm³/mol. The van der Waals surface area contributed by atoms with Gasteiger partial charge in [-0.05, 0) is 30.7 Å². The molecule has 4 heteroatoms. The first-order chi connectivity index (χ1) is 10.6. The SMILES string of the molecule is C#CC(=C)CCN(CCC)c1cc(NC=C)c(N)cc1OC. The van der Waals surface area contributed by atoms with Crippen molar-refractivity contribution in [3.63, 3.8) is 0 Å². The van der Waals surface area contributed by atoms with Crippen molar-refractivity contribution in [2.24, 2.45) is 0 Å². The number of rotatable bonds is 9. The molecule has 1 aromatic carbocycles. The van der Waals surface area contributed by atoms with Crippen molar-refractivity contribution < 1.29 is 4.74 Å². The third-order valence-electron chi connectivity index (χ3n) is 3.33. The van der Waals surface area contributed by atoms with Crippen LogP contribution in [0.4, 0.5) is 17.1 Å². The highest BCUT2D eigenvalue weighted by Gasteiger charge is 2.14. The Hall–Kier alpha value is -2.54. The predicted octanol–water partition coefficient (Wildman–Crippen LogP) is 3.63. The van der Waals surface area contributed by atoms with Crippen molar-refractivity contribution in [1.29, 1.82) is 0 Å². The van der Waals surface area contributed by atoms with Gasteiger partial charge in [-0.25, -0.2) is 0 Å². The van der Waals surface area contributed by atoms with Crippen LogP contribution < -0.4 is 20.7 Å². The molecule has 0 saturated heterocycles. The number of benzene rings is 1. The maximum absolute atomic E-state index is 6.02. The molecule has 0 saturated carbocycles. The highest BCUT2D eigenvalue weighted by atomic mass is 16.5. The van der Waals surface area contributed by atoms with Crippen molar-refractivity contribution in [1.82, 2.24) is 0 Å². The maximum Gasteiger partial charge on any atom is 0.144 e. The van der Waals surface area contributed by atoms with Gasteiger partial charge in [-0.1, -0.05) is 26.0 Å². The summed E-state index contributed by atoms with van der Waals surface area (Å²) < 4.78 is 5.48. The molecule has 22 heavy (non-hydrogen) atoms. The van der Waals surface area contributed by atoms with E-state index >= 15 is 0 Å². The summed E-state index contributed by atoms with van der Waals surface area (Å²) in [4.78, 5) is 2.23. The Morgan fingerprint density at radius 2 is 2.23 bits per heavy atom. The lowest BCUT2D eigenvalue weighted by Crippen LogP contribution is -2.26. The molecule has 0 spiro atoms. The molecule has 1 aromatic rings. The van der Waals surface area contributed by atoms with Gasteiger partial charge < -0.3 is 20.7 Å². The average Bonchev–Trinajstić information content (AvgIpc) is 2.52. The number of nitrogens with one attached hydrogen (secondary N) is 1. The lowest BCUT2D eigenvalue weighted by atomic mass is 10.1. The summed E-state index contributed by atoms with van der Waals surface area (Å²) in [5.74, 6) is 3.33. The van der Waals surface area contributed by atoms with E-state index < -0.39 is 0 Å². The van der Waals surface area contributed by atoms with Gasteiger partial charge in [0.2, 0.25) is 0 Å². The number of ether oxygens (including phenoxy) is 1. The lowest BCUT2D eigenvalue weighted by Gasteiger charge is -2.27. The largest absolute Gasteiger partial charge is 0.495 e. The van der Waals surface area contributed by atoms with Gasteiger partial charge in [0, 0.05) is 19.2 Å². The molecule has 0 aromatic heterocycles. The number of nitrogens with two attached hydrogens (primary N) is 1. The summed E-state index contributed by atoms with van der Waals surface area (Å²) in [6, 6.07) is 3.80. The van der Waals surface area contributed by atoms with Crippen LogP contribution in [0.5, 0.6) is 5.75 Å². The zero-order valence-electron chi connectivity index (χ0n) is 13.5. The first-order valence-electron chi connectivity index (χ1n) is 7.31. The number of methoxy groups -OCH3 is 1. The zero-order chi connectivity index (χ0) is 16.5. The number of terminal acetylenes is 1. The Morgan fingerprint density at radius 3 is 2.77 bits per heavy atom. The van der Waals surface area contributed by atoms with E-state index in [0.717, 1.165) is 48.6 Å². The van der Waals surface area contributed by atoms with E-state index in [4.69, 9.17) is 16.9 Å². The van der Waals surface area contributed by atoms with Gasteiger partial charge in [0.25, 0.3) is 0 Å². The topological polar surface area (TPSA) is 50.5 Å². The fourth-order valence-electron chi connectivity index (χ4n) is 2.19. The van der Waals surface area contributed by atoms with Crippen LogP contribution in [0.3, 0.4) is 0 Å². The Labute approximate surface area is 133 Å². The second-order valence-corrected chi connectivity index (χ2v) is 4.94. The van der Waals surface area contributed by atoms with E-state index in [2.05, 4.69) is 36.2 Å². The Bertz CT molecular complexity index is 572. The van der Waals surface area contributed by atoms with Crippen LogP contribution in [0, 0.1) is 12.3 Å². The van der Waals surface area contributed by atoms with Crippen molar-refractivity contribution in [3.05, 3.63) is 37.1 Å². The lowest BCUT2D eigenvalue weighted by molar-refractivity contribution is 0.414. The molecule has 0 atom stereocenters. The third kappa shape index (κ3) is 4.49. The number of nitrogen functional groups attached to an aromatic ring is 1. The van der Waals surface area contributed by atoms with E-state index in [1.165, 1.54) is 0 Å². The van der Waals surface area contributed by atoms with Gasteiger partial charge in [-0.3, -0.25) is 0 Å². The molecular formula is C18H25N3O. The van der Waals surface area contributed by atoms with Crippen molar-refractivity contribution in [2.45, 2.75) is 19.8 Å². The monoisotopic (exact) mass is 299 g/mol. The standard InChI is InChI=1S/C18H25N3O/c1-6-10-21(11-9-14(4)7-2)17-13-16(20-8-3)15(19)12-18(17)22-5/h2,8,12-13,20H,3-4,6,9-11,19H2,1,5H3. The van der Waals surface area contributed by atoms with E-state index in [9.17, 15) is 0 Å². The third-order valence-corrected chi connectivity index (χ3v) is 3.33. The van der Waals surface area contributed by atoms with Gasteiger partial charge >= 0.3 is 0 Å². The summed E-state index contributed by atoms with van der Waals surface area (Å²) in [5.41, 5.74) is 9.22. The highest BCUT2D eigenvalue weighted by molar-refractivity contribution is 5.78. The van der Waals surface area contributed by atoms with E-state index in [1.54, 1.807) is 13.3 Å². The molecule has 0 radical (unpaired) electrons. The minimum absolute atomic E-state index is 0.616. The van der Waals surface area contributed by atoms with Crippen LogP contribution in [-0.4, -0.2) is 20.2 Å². The molecule has 1 rings (SSSR count). The second kappa shape index (κ2) is 8.68. The van der Waals surface area contributed by atoms with Crippen molar-refractivity contribution in [3.8, 4) is 18.1 Å². The summed E-state index contributed by atoms with van der Waals surface area (Å²) in [6.45, 7) is 11.4. The maximum atomic E-state index is 6.02. The molecule has 118 valence electrons. The van der Waals surface area contributed by atoms with Gasteiger partial charge in [0.05, 0.1) is 24.2 Å². The molecule has 0 heterocycles. The van der Waals surface area contributed by atoms with E-state index in [1.807, 2.05) is 12.1 Å². The molecule has 0 aliphatic heterocycles. The molecule has 0 fully saturated rings. The summed E-state index contributed by atoms with van der Waals surface area (Å²) in [6.07, 6.45) is 8.74. The Kier molecular flexibility index (Phi) is 6.91. The number of nitrogens with zero attached hydrogens (tertiary/aromatic N) is 1. The molecule has 0 amide bonds. The first-order valence-corrected chi connectivity index (χ1v) is 7.31. The van der Waals surface area contributed by atoms with Gasteiger partial charge in [-0.15, -0.1) is 6.42 Å². The minimum atomic E-state index is 0.616. The Morgan fingerprint density at radius 1 is 1.50 bits per heavy atom. The van der Waals surface area contributed by atoms with Gasteiger partial charge in [0.1, 0.15) is 5.75 Å². The summed E-state index contributed by atoms with van der Waals surface area (Å²) in [5, 5.41) is 3.05. The van der Waals surface area contributed by atoms with E-state index in [-0.39, 0.29) is 0 Å². The molecule has 4 nitrogen and oxygen atoms in total. The number of hydrogen-bond acceptors (Lipinski definition) is 4. The molecule has 3 N–H and O–H groups in total. The van der Waals surface area contributed by atoms with Gasteiger partial charge in [0.15, 0.2) is 0 Å². The van der Waals surface area contributed by atoms with E-state index in [0.29, 0.717) is 5.69 Å². The fourth-order valence-corrected chi connectivity index (χ4v) is 2.19. The highest BCUT2D eigenvalue weighted by Crippen LogP contribution is 2.36. The molecule has 0 bridgehead atoms. The summed E-state index contributed by atoms with van der Waals surface area (Å²) >= 11 is 0. The quantitative estimate of drug-likeness (QED) is 0.540. The fraction of sp³-hybridized carbons (Fsp3) is 0.333. The van der Waals surface area contributed by atoms with Crippen LogP contribution >= 0.6 is 0 Å². The smallest absolute Gasteiger partial charge is 0.144 e. The molecule has 0 aliphatic carbocycles.